The van der Waals surface area contributed by atoms with Crippen molar-refractivity contribution in [1.82, 2.24) is 5.32 Å². The Morgan fingerprint density at radius 2 is 2.00 bits per heavy atom. The molecule has 0 unspecified atom stereocenters. The minimum absolute atomic E-state index is 0.195. The van der Waals surface area contributed by atoms with Crippen LogP contribution in [-0.2, 0) is 6.54 Å². The molecule has 0 saturated carbocycles. The first-order chi connectivity index (χ1) is 9.56. The predicted octanol–water partition coefficient (Wildman–Crippen LogP) is 4.00. The first kappa shape index (κ1) is 14.8. The van der Waals surface area contributed by atoms with Crippen LogP contribution in [-0.4, -0.2) is 11.1 Å². The topological polar surface area (TPSA) is 49.3 Å². The van der Waals surface area contributed by atoms with E-state index >= 15 is 0 Å². The number of rotatable bonds is 5. The number of benzene rings is 2. The molecule has 0 bridgehead atoms. The van der Waals surface area contributed by atoms with Gasteiger partial charge in [-0.05, 0) is 42.3 Å². The van der Waals surface area contributed by atoms with Gasteiger partial charge in [0.25, 0.3) is 0 Å². The maximum absolute atomic E-state index is 10.9. The van der Waals surface area contributed by atoms with Gasteiger partial charge in [0.15, 0.2) is 0 Å². The lowest BCUT2D eigenvalue weighted by Crippen LogP contribution is -2.18. The Balaban J connectivity index is 2.01. The summed E-state index contributed by atoms with van der Waals surface area (Å²) in [7, 11) is 0. The number of halogens is 1. The van der Waals surface area contributed by atoms with E-state index in [1.807, 2.05) is 18.2 Å². The standard InChI is InChI=1S/C16H16BrNO2/c1-11(13-5-3-7-15(17)9-13)18-10-12-4-2-6-14(8-12)16(19)20/h2-9,11,18H,10H2,1H3,(H,19,20)/t11-/m0/s1. The number of aromatic carboxylic acids is 1. The fourth-order valence-corrected chi connectivity index (χ4v) is 2.40. The number of carboxylic acid groups (broad SMARTS) is 1. The Morgan fingerprint density at radius 1 is 1.25 bits per heavy atom. The molecule has 20 heavy (non-hydrogen) atoms. The highest BCUT2D eigenvalue weighted by atomic mass is 79.9. The molecule has 3 nitrogen and oxygen atoms in total. The van der Waals surface area contributed by atoms with Crippen LogP contribution in [0.5, 0.6) is 0 Å². The van der Waals surface area contributed by atoms with Gasteiger partial charge in [0.1, 0.15) is 0 Å². The minimum Gasteiger partial charge on any atom is -0.478 e. The number of hydrogen-bond acceptors (Lipinski definition) is 2. The molecule has 0 radical (unpaired) electrons. The van der Waals surface area contributed by atoms with E-state index in [9.17, 15) is 4.79 Å². The molecule has 4 heteroatoms. The largest absolute Gasteiger partial charge is 0.478 e. The highest BCUT2D eigenvalue weighted by Crippen LogP contribution is 2.18. The van der Waals surface area contributed by atoms with Gasteiger partial charge in [-0.1, -0.05) is 40.2 Å². The molecule has 0 aliphatic rings. The van der Waals surface area contributed by atoms with Crippen LogP contribution >= 0.6 is 15.9 Å². The first-order valence-corrected chi connectivity index (χ1v) is 7.16. The average molecular weight is 334 g/mol. The predicted molar refractivity (Wildman–Crippen MR) is 82.8 cm³/mol. The Morgan fingerprint density at radius 3 is 2.70 bits per heavy atom. The average Bonchev–Trinajstić information content (AvgIpc) is 2.45. The molecule has 1 atom stereocenters. The zero-order valence-electron chi connectivity index (χ0n) is 11.1. The summed E-state index contributed by atoms with van der Waals surface area (Å²) in [5.74, 6) is -0.896. The Labute approximate surface area is 126 Å². The molecule has 0 heterocycles. The van der Waals surface area contributed by atoms with Crippen molar-refractivity contribution >= 4 is 21.9 Å². The van der Waals surface area contributed by atoms with E-state index in [0.717, 1.165) is 10.0 Å². The third-order valence-electron chi connectivity index (χ3n) is 3.13. The Hall–Kier alpha value is -1.65. The van der Waals surface area contributed by atoms with Crippen molar-refractivity contribution in [2.24, 2.45) is 0 Å². The zero-order chi connectivity index (χ0) is 14.5. The molecule has 2 aromatic rings. The SMILES string of the molecule is C[C@H](NCc1cccc(C(=O)O)c1)c1cccc(Br)c1. The Bertz CT molecular complexity index is 613. The maximum Gasteiger partial charge on any atom is 0.335 e. The lowest BCUT2D eigenvalue weighted by Gasteiger charge is -2.15. The van der Waals surface area contributed by atoms with Crippen molar-refractivity contribution in [2.75, 3.05) is 0 Å². The molecule has 0 saturated heterocycles. The first-order valence-electron chi connectivity index (χ1n) is 6.37. The van der Waals surface area contributed by atoms with Crippen molar-refractivity contribution in [3.8, 4) is 0 Å². The third-order valence-corrected chi connectivity index (χ3v) is 3.63. The van der Waals surface area contributed by atoms with Crippen molar-refractivity contribution in [1.29, 1.82) is 0 Å². The van der Waals surface area contributed by atoms with Crippen molar-refractivity contribution in [3.05, 3.63) is 69.7 Å². The van der Waals surface area contributed by atoms with E-state index in [0.29, 0.717) is 12.1 Å². The molecule has 2 aromatic carbocycles. The molecule has 0 aliphatic carbocycles. The highest BCUT2D eigenvalue weighted by molar-refractivity contribution is 9.10. The molecular weight excluding hydrogens is 318 g/mol. The summed E-state index contributed by atoms with van der Waals surface area (Å²) in [6.07, 6.45) is 0. The van der Waals surface area contributed by atoms with Gasteiger partial charge < -0.3 is 10.4 Å². The Kier molecular flexibility index (Phi) is 4.93. The van der Waals surface area contributed by atoms with Crippen LogP contribution in [0.2, 0.25) is 0 Å². The monoisotopic (exact) mass is 333 g/mol. The number of nitrogens with one attached hydrogen (secondary N) is 1. The van der Waals surface area contributed by atoms with Gasteiger partial charge in [0.05, 0.1) is 5.56 Å². The molecule has 2 N–H and O–H groups in total. The summed E-state index contributed by atoms with van der Waals surface area (Å²) in [6, 6.07) is 15.3. The minimum atomic E-state index is -0.896. The molecule has 0 fully saturated rings. The second kappa shape index (κ2) is 6.68. The van der Waals surface area contributed by atoms with E-state index in [-0.39, 0.29) is 6.04 Å². The van der Waals surface area contributed by atoms with Gasteiger partial charge in [-0.15, -0.1) is 0 Å². The van der Waals surface area contributed by atoms with Crippen LogP contribution in [0.1, 0.15) is 34.5 Å². The fraction of sp³-hybridized carbons (Fsp3) is 0.188. The summed E-state index contributed by atoms with van der Waals surface area (Å²) in [5, 5.41) is 12.4. The second-order valence-electron chi connectivity index (χ2n) is 4.66. The molecule has 104 valence electrons. The van der Waals surface area contributed by atoms with E-state index in [1.54, 1.807) is 18.2 Å². The molecule has 0 aromatic heterocycles. The number of carboxylic acids is 1. The normalized spacial score (nSPS) is 12.1. The summed E-state index contributed by atoms with van der Waals surface area (Å²) in [6.45, 7) is 2.72. The lowest BCUT2D eigenvalue weighted by molar-refractivity contribution is 0.0696. The fourth-order valence-electron chi connectivity index (χ4n) is 1.98. The van der Waals surface area contributed by atoms with Crippen LogP contribution in [0.4, 0.5) is 0 Å². The van der Waals surface area contributed by atoms with E-state index in [2.05, 4.69) is 40.3 Å². The smallest absolute Gasteiger partial charge is 0.335 e. The van der Waals surface area contributed by atoms with Gasteiger partial charge in [0.2, 0.25) is 0 Å². The molecule has 0 spiro atoms. The zero-order valence-corrected chi connectivity index (χ0v) is 12.7. The summed E-state index contributed by atoms with van der Waals surface area (Å²) >= 11 is 3.46. The molecular formula is C16H16BrNO2. The van der Waals surface area contributed by atoms with Gasteiger partial charge in [-0.25, -0.2) is 4.79 Å². The lowest BCUT2D eigenvalue weighted by atomic mass is 10.1. The van der Waals surface area contributed by atoms with Gasteiger partial charge >= 0.3 is 5.97 Å². The summed E-state index contributed by atoms with van der Waals surface area (Å²) in [5.41, 5.74) is 2.47. The van der Waals surface area contributed by atoms with Crippen molar-refractivity contribution in [3.63, 3.8) is 0 Å². The van der Waals surface area contributed by atoms with E-state index < -0.39 is 5.97 Å². The van der Waals surface area contributed by atoms with E-state index in [4.69, 9.17) is 5.11 Å². The summed E-state index contributed by atoms with van der Waals surface area (Å²) in [4.78, 5) is 10.9. The number of carbonyl (C=O) groups is 1. The highest BCUT2D eigenvalue weighted by Gasteiger charge is 2.07. The van der Waals surface area contributed by atoms with Crippen LogP contribution in [0.3, 0.4) is 0 Å². The molecule has 0 aliphatic heterocycles. The van der Waals surface area contributed by atoms with Gasteiger partial charge in [-0.3, -0.25) is 0 Å². The van der Waals surface area contributed by atoms with E-state index in [1.165, 1.54) is 5.56 Å². The van der Waals surface area contributed by atoms with Crippen molar-refractivity contribution < 1.29 is 9.90 Å². The molecule has 0 amide bonds. The summed E-state index contributed by atoms with van der Waals surface area (Å²) < 4.78 is 1.05. The second-order valence-corrected chi connectivity index (χ2v) is 5.58. The van der Waals surface area contributed by atoms with Gasteiger partial charge in [-0.2, -0.15) is 0 Å². The third kappa shape index (κ3) is 3.92. The van der Waals surface area contributed by atoms with Gasteiger partial charge in [0, 0.05) is 17.1 Å². The quantitative estimate of drug-likeness (QED) is 0.869. The number of hydrogen-bond donors (Lipinski definition) is 2. The molecule has 2 rings (SSSR count). The maximum atomic E-state index is 10.9. The van der Waals surface area contributed by atoms with Crippen LogP contribution in [0, 0.1) is 0 Å². The van der Waals surface area contributed by atoms with Crippen LogP contribution in [0.25, 0.3) is 0 Å². The van der Waals surface area contributed by atoms with Crippen LogP contribution in [0.15, 0.2) is 53.0 Å². The van der Waals surface area contributed by atoms with Crippen molar-refractivity contribution in [2.45, 2.75) is 19.5 Å². The van der Waals surface area contributed by atoms with Crippen LogP contribution < -0.4 is 5.32 Å².